The molecule has 3 aromatic rings. The van der Waals surface area contributed by atoms with Gasteiger partial charge in [0.1, 0.15) is 11.8 Å². The molecule has 2 aromatic heterocycles. The van der Waals surface area contributed by atoms with Crippen LogP contribution >= 0.6 is 0 Å². The van der Waals surface area contributed by atoms with E-state index in [1.165, 1.54) is 0 Å². The molecule has 0 aliphatic rings. The van der Waals surface area contributed by atoms with Gasteiger partial charge in [0.15, 0.2) is 5.65 Å². The fourth-order valence-electron chi connectivity index (χ4n) is 3.04. The van der Waals surface area contributed by atoms with Gasteiger partial charge in [0.05, 0.1) is 6.20 Å². The van der Waals surface area contributed by atoms with Crippen molar-refractivity contribution in [2.45, 2.75) is 20.3 Å². The molecule has 2 N–H and O–H groups in total. The summed E-state index contributed by atoms with van der Waals surface area (Å²) >= 11 is 0. The molecule has 8 heteroatoms. The fourth-order valence-corrected chi connectivity index (χ4v) is 3.04. The van der Waals surface area contributed by atoms with Crippen LogP contribution in [0.3, 0.4) is 0 Å². The van der Waals surface area contributed by atoms with Crippen molar-refractivity contribution in [2.75, 3.05) is 38.5 Å². The second kappa shape index (κ2) is 9.27. The van der Waals surface area contributed by atoms with Crippen LogP contribution in [0.5, 0.6) is 0 Å². The minimum atomic E-state index is -0.111. The van der Waals surface area contributed by atoms with Gasteiger partial charge >= 0.3 is 0 Å². The highest BCUT2D eigenvalue weighted by atomic mass is 16.1. The molecule has 0 unspecified atom stereocenters. The van der Waals surface area contributed by atoms with Crippen LogP contribution in [0.4, 0.5) is 5.95 Å². The minimum Gasteiger partial charge on any atom is -0.355 e. The molecule has 0 spiro atoms. The van der Waals surface area contributed by atoms with Crippen LogP contribution in [0.15, 0.2) is 36.8 Å². The molecular weight excluding hydrogens is 354 g/mol. The Labute approximate surface area is 165 Å². The number of nitrogens with one attached hydrogen (secondary N) is 2. The summed E-state index contributed by atoms with van der Waals surface area (Å²) < 4.78 is 1.89. The second-order valence-electron chi connectivity index (χ2n) is 6.45. The number of anilines is 1. The molecule has 148 valence electrons. The van der Waals surface area contributed by atoms with Crippen molar-refractivity contribution in [2.24, 2.45) is 0 Å². The summed E-state index contributed by atoms with van der Waals surface area (Å²) in [6.45, 7) is 8.36. The molecule has 0 atom stereocenters. The van der Waals surface area contributed by atoms with Crippen LogP contribution in [-0.2, 0) is 0 Å². The van der Waals surface area contributed by atoms with E-state index < -0.39 is 0 Å². The van der Waals surface area contributed by atoms with Gasteiger partial charge in [0.25, 0.3) is 5.91 Å². The summed E-state index contributed by atoms with van der Waals surface area (Å²) in [5.74, 6) is 0.483. The first kappa shape index (κ1) is 19.8. The van der Waals surface area contributed by atoms with Crippen LogP contribution < -0.4 is 10.6 Å². The van der Waals surface area contributed by atoms with Gasteiger partial charge in [-0.15, -0.1) is 0 Å². The molecule has 2 heterocycles. The second-order valence-corrected chi connectivity index (χ2v) is 6.45. The van der Waals surface area contributed by atoms with E-state index in [0.29, 0.717) is 11.5 Å². The largest absolute Gasteiger partial charge is 0.355 e. The normalized spacial score (nSPS) is 11.1. The summed E-state index contributed by atoms with van der Waals surface area (Å²) in [6.07, 6.45) is 4.48. The van der Waals surface area contributed by atoms with Gasteiger partial charge in [0.2, 0.25) is 5.95 Å². The average Bonchev–Trinajstić information content (AvgIpc) is 3.16. The van der Waals surface area contributed by atoms with Crippen LogP contribution in [0, 0.1) is 0 Å². The highest BCUT2D eigenvalue weighted by Crippen LogP contribution is 2.17. The Hall–Kier alpha value is -3.00. The number of hydrogen-bond donors (Lipinski definition) is 2. The number of aromatic nitrogens is 4. The Bertz CT molecular complexity index is 916. The zero-order valence-electron chi connectivity index (χ0n) is 16.6. The summed E-state index contributed by atoms with van der Waals surface area (Å²) in [5, 5.41) is 5.92. The number of hydrogen-bond acceptors (Lipinski definition) is 6. The minimum absolute atomic E-state index is 0.111. The summed E-state index contributed by atoms with van der Waals surface area (Å²) in [4.78, 5) is 27.5. The van der Waals surface area contributed by atoms with E-state index in [9.17, 15) is 4.79 Å². The van der Waals surface area contributed by atoms with E-state index in [1.54, 1.807) is 31.7 Å². The van der Waals surface area contributed by atoms with Crippen molar-refractivity contribution in [3.63, 3.8) is 0 Å². The Balaban J connectivity index is 1.72. The average molecular weight is 381 g/mol. The number of fused-ring (bicyclic) bond motifs is 1. The lowest BCUT2D eigenvalue weighted by atomic mass is 10.2. The number of benzene rings is 1. The zero-order valence-corrected chi connectivity index (χ0v) is 16.6. The maximum Gasteiger partial charge on any atom is 0.251 e. The summed E-state index contributed by atoms with van der Waals surface area (Å²) in [5.41, 5.74) is 2.96. The first-order valence-electron chi connectivity index (χ1n) is 9.65. The van der Waals surface area contributed by atoms with Crippen molar-refractivity contribution >= 4 is 23.0 Å². The Morgan fingerprint density at radius 2 is 1.89 bits per heavy atom. The molecular formula is C20H27N7O. The van der Waals surface area contributed by atoms with E-state index >= 15 is 0 Å². The van der Waals surface area contributed by atoms with Crippen molar-refractivity contribution < 1.29 is 4.79 Å². The number of nitrogens with zero attached hydrogens (tertiary/aromatic N) is 5. The summed E-state index contributed by atoms with van der Waals surface area (Å²) in [6, 6.07) is 7.33. The molecule has 0 aliphatic heterocycles. The fraction of sp³-hybridized carbons (Fsp3) is 0.400. The van der Waals surface area contributed by atoms with E-state index in [4.69, 9.17) is 0 Å². The molecule has 8 nitrogen and oxygen atoms in total. The van der Waals surface area contributed by atoms with E-state index in [2.05, 4.69) is 44.3 Å². The van der Waals surface area contributed by atoms with E-state index in [1.807, 2.05) is 16.7 Å². The maximum absolute atomic E-state index is 11.7. The Kier molecular flexibility index (Phi) is 6.54. The molecule has 3 rings (SSSR count). The van der Waals surface area contributed by atoms with Crippen LogP contribution in [0.1, 0.15) is 30.6 Å². The smallest absolute Gasteiger partial charge is 0.251 e. The van der Waals surface area contributed by atoms with Gasteiger partial charge in [0, 0.05) is 24.8 Å². The highest BCUT2D eigenvalue weighted by molar-refractivity contribution is 5.94. The SMILES string of the molecule is CCN(CC)CCCNc1ncc2ncn(-c3ccc(C(=O)NC)cc3)c2n1. The van der Waals surface area contributed by atoms with Crippen molar-refractivity contribution in [3.8, 4) is 5.69 Å². The molecule has 0 radical (unpaired) electrons. The molecule has 0 bridgehead atoms. The lowest BCUT2D eigenvalue weighted by molar-refractivity contribution is 0.0963. The van der Waals surface area contributed by atoms with Gasteiger partial charge < -0.3 is 15.5 Å². The topological polar surface area (TPSA) is 88.0 Å². The van der Waals surface area contributed by atoms with Crippen molar-refractivity contribution in [1.29, 1.82) is 0 Å². The van der Waals surface area contributed by atoms with Gasteiger partial charge in [-0.2, -0.15) is 4.98 Å². The molecule has 1 aromatic carbocycles. The number of amides is 1. The number of imidazole rings is 1. The molecule has 0 saturated carbocycles. The monoisotopic (exact) mass is 381 g/mol. The van der Waals surface area contributed by atoms with Gasteiger partial charge in [-0.05, 0) is 50.3 Å². The lowest BCUT2D eigenvalue weighted by Gasteiger charge is -2.17. The number of carbonyl (C=O) groups is 1. The third kappa shape index (κ3) is 4.45. The molecule has 28 heavy (non-hydrogen) atoms. The Morgan fingerprint density at radius 1 is 1.14 bits per heavy atom. The predicted octanol–water partition coefficient (Wildman–Crippen LogP) is 2.32. The van der Waals surface area contributed by atoms with E-state index in [-0.39, 0.29) is 5.91 Å². The van der Waals surface area contributed by atoms with Crippen LogP contribution in [0.25, 0.3) is 16.9 Å². The van der Waals surface area contributed by atoms with Crippen LogP contribution in [-0.4, -0.2) is 63.6 Å². The number of rotatable bonds is 9. The molecule has 0 saturated heterocycles. The van der Waals surface area contributed by atoms with Crippen LogP contribution in [0.2, 0.25) is 0 Å². The third-order valence-corrected chi connectivity index (χ3v) is 4.75. The first-order valence-corrected chi connectivity index (χ1v) is 9.65. The standard InChI is InChI=1S/C20H27N7O/c1-4-26(5-2)12-6-11-22-20-23-13-17-18(25-20)27(14-24-17)16-9-7-15(8-10-16)19(28)21-3/h7-10,13-14H,4-6,11-12H2,1-3H3,(H,21,28)(H,22,23,25). The van der Waals surface area contributed by atoms with E-state index in [0.717, 1.165) is 49.5 Å². The lowest BCUT2D eigenvalue weighted by Crippen LogP contribution is -2.25. The molecule has 0 aliphatic carbocycles. The van der Waals surface area contributed by atoms with Gasteiger partial charge in [-0.3, -0.25) is 9.36 Å². The third-order valence-electron chi connectivity index (χ3n) is 4.75. The zero-order chi connectivity index (χ0) is 19.9. The van der Waals surface area contributed by atoms with Crippen molar-refractivity contribution in [3.05, 3.63) is 42.4 Å². The molecule has 1 amide bonds. The predicted molar refractivity (Wildman–Crippen MR) is 111 cm³/mol. The van der Waals surface area contributed by atoms with Gasteiger partial charge in [-0.25, -0.2) is 9.97 Å². The Morgan fingerprint density at radius 3 is 2.57 bits per heavy atom. The molecule has 0 fully saturated rings. The van der Waals surface area contributed by atoms with Gasteiger partial charge in [-0.1, -0.05) is 13.8 Å². The first-order chi connectivity index (χ1) is 13.7. The quantitative estimate of drug-likeness (QED) is 0.553. The highest BCUT2D eigenvalue weighted by Gasteiger charge is 2.10. The van der Waals surface area contributed by atoms with Crippen molar-refractivity contribution in [1.82, 2.24) is 29.7 Å². The number of carbonyl (C=O) groups excluding carboxylic acids is 1. The summed E-state index contributed by atoms with van der Waals surface area (Å²) in [7, 11) is 1.62. The maximum atomic E-state index is 11.7.